The van der Waals surface area contributed by atoms with Crippen LogP contribution in [0.4, 0.5) is 0 Å². The molecule has 0 bridgehead atoms. The fourth-order valence-electron chi connectivity index (χ4n) is 7.28. The van der Waals surface area contributed by atoms with Crippen molar-refractivity contribution >= 4 is 0 Å². The maximum absolute atomic E-state index is 6.21. The van der Waals surface area contributed by atoms with Crippen LogP contribution in [0.3, 0.4) is 0 Å². The standard InChI is InChI=1S/C52H90O6/c1-3-5-7-9-23-33-41-57-51(47-55-43-49-35-27-25-28-36-49)45-53-39-31-21-19-17-15-13-11-12-14-16-18-20-22-32-40-54-46-52(58-42-34-24-10-8-6-4-2)48-56-44-50-37-29-26-30-38-50/h25-30,35-38,51-52H,3-24,31-34,39-48H2,1-2H3/t51-,52-/m1/s1. The van der Waals surface area contributed by atoms with Gasteiger partial charge < -0.3 is 28.4 Å². The molecule has 0 fully saturated rings. The van der Waals surface area contributed by atoms with Crippen molar-refractivity contribution in [1.29, 1.82) is 0 Å². The van der Waals surface area contributed by atoms with Crippen molar-refractivity contribution in [2.24, 2.45) is 0 Å². The molecule has 0 aliphatic rings. The van der Waals surface area contributed by atoms with Gasteiger partial charge in [0.25, 0.3) is 0 Å². The van der Waals surface area contributed by atoms with E-state index in [2.05, 4.69) is 62.4 Å². The van der Waals surface area contributed by atoms with Crippen molar-refractivity contribution in [3.05, 3.63) is 71.8 Å². The van der Waals surface area contributed by atoms with Crippen LogP contribution in [-0.2, 0) is 41.6 Å². The summed E-state index contributed by atoms with van der Waals surface area (Å²) < 4.78 is 36.6. The van der Waals surface area contributed by atoms with Gasteiger partial charge in [0.15, 0.2) is 0 Å². The van der Waals surface area contributed by atoms with Crippen molar-refractivity contribution < 1.29 is 28.4 Å². The van der Waals surface area contributed by atoms with E-state index in [0.29, 0.717) is 39.6 Å². The van der Waals surface area contributed by atoms with Crippen LogP contribution in [0.5, 0.6) is 0 Å². The zero-order chi connectivity index (χ0) is 41.1. The molecule has 2 aromatic rings. The summed E-state index contributed by atoms with van der Waals surface area (Å²) >= 11 is 0. The third-order valence-corrected chi connectivity index (χ3v) is 11.0. The molecule has 0 aliphatic heterocycles. The highest BCUT2D eigenvalue weighted by Gasteiger charge is 2.12. The molecule has 0 aromatic heterocycles. The first-order valence-corrected chi connectivity index (χ1v) is 24.4. The molecule has 6 nitrogen and oxygen atoms in total. The highest BCUT2D eigenvalue weighted by molar-refractivity contribution is 5.14. The number of hydrogen-bond donors (Lipinski definition) is 0. The summed E-state index contributed by atoms with van der Waals surface area (Å²) in [5.41, 5.74) is 2.40. The van der Waals surface area contributed by atoms with E-state index in [4.69, 9.17) is 28.4 Å². The van der Waals surface area contributed by atoms with E-state index < -0.39 is 0 Å². The lowest BCUT2D eigenvalue weighted by atomic mass is 10.0. The van der Waals surface area contributed by atoms with Gasteiger partial charge in [-0.05, 0) is 36.8 Å². The summed E-state index contributed by atoms with van der Waals surface area (Å²) in [6, 6.07) is 20.8. The molecule has 0 amide bonds. The number of hydrogen-bond acceptors (Lipinski definition) is 6. The maximum Gasteiger partial charge on any atom is 0.104 e. The second-order valence-corrected chi connectivity index (χ2v) is 16.6. The second-order valence-electron chi connectivity index (χ2n) is 16.6. The Kier molecular flexibility index (Phi) is 37.8. The highest BCUT2D eigenvalue weighted by Crippen LogP contribution is 2.14. The molecule has 0 saturated carbocycles. The molecule has 0 unspecified atom stereocenters. The van der Waals surface area contributed by atoms with Gasteiger partial charge in [0.2, 0.25) is 0 Å². The largest absolute Gasteiger partial charge is 0.379 e. The third-order valence-electron chi connectivity index (χ3n) is 11.0. The molecule has 2 atom stereocenters. The normalized spacial score (nSPS) is 12.7. The van der Waals surface area contributed by atoms with Gasteiger partial charge in [-0.15, -0.1) is 0 Å². The van der Waals surface area contributed by atoms with Gasteiger partial charge in [0.05, 0.1) is 39.6 Å². The van der Waals surface area contributed by atoms with Gasteiger partial charge in [0.1, 0.15) is 12.2 Å². The number of unbranched alkanes of at least 4 members (excludes halogenated alkanes) is 23. The molecule has 0 aliphatic carbocycles. The van der Waals surface area contributed by atoms with Gasteiger partial charge >= 0.3 is 0 Å². The maximum atomic E-state index is 6.21. The fraction of sp³-hybridized carbons (Fsp3) is 0.769. The molecule has 0 heterocycles. The van der Waals surface area contributed by atoms with Crippen LogP contribution in [0.25, 0.3) is 0 Å². The SMILES string of the molecule is CCCCCCCCO[C@H](COCCCCCCCCCCCCCCCCOC[C@H](COCc1ccccc1)OCCCCCCCC)COCc1ccccc1. The lowest BCUT2D eigenvalue weighted by molar-refractivity contribution is -0.0645. The van der Waals surface area contributed by atoms with Gasteiger partial charge in [-0.3, -0.25) is 0 Å². The summed E-state index contributed by atoms with van der Waals surface area (Å²) in [5.74, 6) is 0. The molecule has 0 radical (unpaired) electrons. The predicted molar refractivity (Wildman–Crippen MR) is 245 cm³/mol. The van der Waals surface area contributed by atoms with Crippen LogP contribution in [0.2, 0.25) is 0 Å². The Balaban J connectivity index is 1.39. The van der Waals surface area contributed by atoms with Crippen molar-refractivity contribution in [1.82, 2.24) is 0 Å². The average Bonchev–Trinajstić information content (AvgIpc) is 3.25. The summed E-state index contributed by atoms with van der Waals surface area (Å²) in [6.45, 7) is 11.5. The molecule has 2 rings (SSSR count). The van der Waals surface area contributed by atoms with E-state index >= 15 is 0 Å². The topological polar surface area (TPSA) is 55.4 Å². The number of ether oxygens (including phenoxy) is 6. The minimum absolute atomic E-state index is 0.0133. The van der Waals surface area contributed by atoms with Crippen molar-refractivity contribution in [2.75, 3.05) is 52.9 Å². The van der Waals surface area contributed by atoms with E-state index in [1.807, 2.05) is 12.1 Å². The van der Waals surface area contributed by atoms with E-state index in [1.165, 1.54) is 152 Å². The van der Waals surface area contributed by atoms with E-state index in [1.54, 1.807) is 0 Å². The molecule has 2 aromatic carbocycles. The van der Waals surface area contributed by atoms with Gasteiger partial charge in [-0.2, -0.15) is 0 Å². The Labute approximate surface area is 358 Å². The number of benzene rings is 2. The highest BCUT2D eigenvalue weighted by atomic mass is 16.6. The summed E-state index contributed by atoms with van der Waals surface area (Å²) in [7, 11) is 0. The Bertz CT molecular complexity index is 983. The first kappa shape index (κ1) is 52.3. The minimum Gasteiger partial charge on any atom is -0.379 e. The van der Waals surface area contributed by atoms with Crippen molar-refractivity contribution in [3.63, 3.8) is 0 Å². The van der Waals surface area contributed by atoms with Crippen LogP contribution in [0.15, 0.2) is 60.7 Å². The summed E-state index contributed by atoms with van der Waals surface area (Å²) in [4.78, 5) is 0. The van der Waals surface area contributed by atoms with Crippen LogP contribution in [0, 0.1) is 0 Å². The zero-order valence-electron chi connectivity index (χ0n) is 37.8. The minimum atomic E-state index is 0.0133. The molecular formula is C52H90O6. The van der Waals surface area contributed by atoms with Crippen LogP contribution >= 0.6 is 0 Å². The molecule has 6 heteroatoms. The lowest BCUT2D eigenvalue weighted by Crippen LogP contribution is -2.26. The summed E-state index contributed by atoms with van der Waals surface area (Å²) in [5, 5.41) is 0. The predicted octanol–water partition coefficient (Wildman–Crippen LogP) is 14.4. The van der Waals surface area contributed by atoms with E-state index in [9.17, 15) is 0 Å². The average molecular weight is 811 g/mol. The Morgan fingerprint density at radius 1 is 0.310 bits per heavy atom. The van der Waals surface area contributed by atoms with Gasteiger partial charge in [0, 0.05) is 26.4 Å². The smallest absolute Gasteiger partial charge is 0.104 e. The third kappa shape index (κ3) is 34.0. The first-order chi connectivity index (χ1) is 28.8. The Morgan fingerprint density at radius 2 is 0.586 bits per heavy atom. The van der Waals surface area contributed by atoms with E-state index in [-0.39, 0.29) is 12.2 Å². The number of rotatable bonds is 45. The molecule has 334 valence electrons. The molecule has 58 heavy (non-hydrogen) atoms. The van der Waals surface area contributed by atoms with E-state index in [0.717, 1.165) is 52.1 Å². The fourth-order valence-corrected chi connectivity index (χ4v) is 7.28. The Morgan fingerprint density at radius 3 is 0.914 bits per heavy atom. The van der Waals surface area contributed by atoms with Crippen LogP contribution < -0.4 is 0 Å². The quantitative estimate of drug-likeness (QED) is 0.0621. The zero-order valence-corrected chi connectivity index (χ0v) is 37.8. The van der Waals surface area contributed by atoms with Crippen molar-refractivity contribution in [2.45, 2.75) is 206 Å². The van der Waals surface area contributed by atoms with Gasteiger partial charge in [-0.25, -0.2) is 0 Å². The van der Waals surface area contributed by atoms with Crippen LogP contribution in [-0.4, -0.2) is 65.1 Å². The first-order valence-electron chi connectivity index (χ1n) is 24.4. The molecule has 0 spiro atoms. The monoisotopic (exact) mass is 811 g/mol. The molecule has 0 N–H and O–H groups in total. The lowest BCUT2D eigenvalue weighted by Gasteiger charge is -2.18. The van der Waals surface area contributed by atoms with Gasteiger partial charge in [-0.1, -0.05) is 216 Å². The summed E-state index contributed by atoms with van der Waals surface area (Å²) in [6.07, 6.45) is 33.8. The second kappa shape index (κ2) is 41.9. The van der Waals surface area contributed by atoms with Crippen molar-refractivity contribution in [3.8, 4) is 0 Å². The van der Waals surface area contributed by atoms with Crippen LogP contribution in [0.1, 0.15) is 192 Å². The Hall–Kier alpha value is -1.80. The molecule has 0 saturated heterocycles. The molecular weight excluding hydrogens is 721 g/mol.